The SMILES string of the molecule is CC1CCC(OCCC(C)(N)CO)CC1C. The first-order chi connectivity index (χ1) is 7.44. The fourth-order valence-corrected chi connectivity index (χ4v) is 2.19. The van der Waals surface area contributed by atoms with Crippen LogP contribution < -0.4 is 5.73 Å². The summed E-state index contributed by atoms with van der Waals surface area (Å²) in [6.07, 6.45) is 4.74. The Morgan fingerprint density at radius 1 is 1.31 bits per heavy atom. The molecule has 0 spiro atoms. The van der Waals surface area contributed by atoms with Crippen LogP contribution in [0.1, 0.15) is 46.5 Å². The van der Waals surface area contributed by atoms with Crippen molar-refractivity contribution >= 4 is 0 Å². The van der Waals surface area contributed by atoms with E-state index >= 15 is 0 Å². The van der Waals surface area contributed by atoms with Crippen LogP contribution in [0.3, 0.4) is 0 Å². The van der Waals surface area contributed by atoms with Crippen LogP contribution in [0.4, 0.5) is 0 Å². The molecule has 0 aromatic carbocycles. The Morgan fingerprint density at radius 2 is 2.00 bits per heavy atom. The van der Waals surface area contributed by atoms with E-state index in [4.69, 9.17) is 15.6 Å². The van der Waals surface area contributed by atoms with Gasteiger partial charge in [0.05, 0.1) is 12.7 Å². The van der Waals surface area contributed by atoms with Crippen LogP contribution in [0.2, 0.25) is 0 Å². The number of aliphatic hydroxyl groups excluding tert-OH is 1. The van der Waals surface area contributed by atoms with E-state index in [0.29, 0.717) is 12.7 Å². The molecule has 96 valence electrons. The Labute approximate surface area is 99.4 Å². The number of nitrogens with two attached hydrogens (primary N) is 1. The minimum atomic E-state index is -0.492. The predicted octanol–water partition coefficient (Wildman–Crippen LogP) is 1.93. The summed E-state index contributed by atoms with van der Waals surface area (Å²) in [6.45, 7) is 7.18. The molecule has 1 aliphatic rings. The fourth-order valence-electron chi connectivity index (χ4n) is 2.19. The maximum atomic E-state index is 9.03. The molecule has 0 aliphatic heterocycles. The normalized spacial score (nSPS) is 34.7. The van der Waals surface area contributed by atoms with Gasteiger partial charge in [-0.15, -0.1) is 0 Å². The zero-order valence-electron chi connectivity index (χ0n) is 10.9. The van der Waals surface area contributed by atoms with Crippen molar-refractivity contribution in [2.75, 3.05) is 13.2 Å². The summed E-state index contributed by atoms with van der Waals surface area (Å²) in [5.41, 5.74) is 5.36. The summed E-state index contributed by atoms with van der Waals surface area (Å²) < 4.78 is 5.85. The molecule has 3 N–H and O–H groups in total. The van der Waals surface area contributed by atoms with Crippen LogP contribution in [0.5, 0.6) is 0 Å². The molecule has 3 heteroatoms. The smallest absolute Gasteiger partial charge is 0.0609 e. The quantitative estimate of drug-likeness (QED) is 0.757. The van der Waals surface area contributed by atoms with Gasteiger partial charge in [-0.3, -0.25) is 0 Å². The second kappa shape index (κ2) is 5.99. The third-order valence-electron chi connectivity index (χ3n) is 3.94. The fraction of sp³-hybridized carbons (Fsp3) is 1.00. The minimum Gasteiger partial charge on any atom is -0.394 e. The Balaban J connectivity index is 2.19. The number of hydrogen-bond acceptors (Lipinski definition) is 3. The maximum Gasteiger partial charge on any atom is 0.0609 e. The zero-order valence-corrected chi connectivity index (χ0v) is 10.9. The molecular formula is C13H27NO2. The van der Waals surface area contributed by atoms with Gasteiger partial charge in [0, 0.05) is 12.1 Å². The van der Waals surface area contributed by atoms with Crippen molar-refractivity contribution in [2.45, 2.75) is 58.1 Å². The first-order valence-electron chi connectivity index (χ1n) is 6.46. The lowest BCUT2D eigenvalue weighted by Crippen LogP contribution is -2.41. The molecule has 0 aromatic rings. The summed E-state index contributed by atoms with van der Waals surface area (Å²) in [6, 6.07) is 0. The maximum absolute atomic E-state index is 9.03. The molecule has 1 saturated carbocycles. The van der Waals surface area contributed by atoms with Gasteiger partial charge in [-0.2, -0.15) is 0 Å². The van der Waals surface area contributed by atoms with Crippen molar-refractivity contribution in [1.29, 1.82) is 0 Å². The summed E-state index contributed by atoms with van der Waals surface area (Å²) in [4.78, 5) is 0. The number of hydrogen-bond donors (Lipinski definition) is 2. The molecule has 16 heavy (non-hydrogen) atoms. The van der Waals surface area contributed by atoms with Gasteiger partial charge in [0.15, 0.2) is 0 Å². The van der Waals surface area contributed by atoms with Crippen LogP contribution in [0.15, 0.2) is 0 Å². The van der Waals surface area contributed by atoms with Gasteiger partial charge in [0.1, 0.15) is 0 Å². The van der Waals surface area contributed by atoms with Crippen LogP contribution >= 0.6 is 0 Å². The predicted molar refractivity (Wildman–Crippen MR) is 66.2 cm³/mol. The highest BCUT2D eigenvalue weighted by atomic mass is 16.5. The molecule has 4 atom stereocenters. The molecule has 0 aromatic heterocycles. The summed E-state index contributed by atoms with van der Waals surface area (Å²) in [5, 5.41) is 9.03. The topological polar surface area (TPSA) is 55.5 Å². The van der Waals surface area contributed by atoms with Crippen molar-refractivity contribution < 1.29 is 9.84 Å². The Bertz CT molecular complexity index is 206. The van der Waals surface area contributed by atoms with Gasteiger partial charge in [0.2, 0.25) is 0 Å². The van der Waals surface area contributed by atoms with E-state index in [1.807, 2.05) is 6.92 Å². The van der Waals surface area contributed by atoms with E-state index < -0.39 is 5.54 Å². The first kappa shape index (κ1) is 13.9. The second-order valence-electron chi connectivity index (χ2n) is 5.82. The van der Waals surface area contributed by atoms with Gasteiger partial charge < -0.3 is 15.6 Å². The molecule has 1 rings (SSSR count). The molecule has 1 aliphatic carbocycles. The molecule has 1 fully saturated rings. The van der Waals surface area contributed by atoms with E-state index in [1.54, 1.807) is 0 Å². The highest BCUT2D eigenvalue weighted by Crippen LogP contribution is 2.31. The highest BCUT2D eigenvalue weighted by Gasteiger charge is 2.25. The summed E-state index contributed by atoms with van der Waals surface area (Å²) >= 11 is 0. The Morgan fingerprint density at radius 3 is 2.56 bits per heavy atom. The molecule has 0 radical (unpaired) electrons. The molecular weight excluding hydrogens is 202 g/mol. The van der Waals surface area contributed by atoms with Gasteiger partial charge >= 0.3 is 0 Å². The number of rotatable bonds is 5. The average Bonchev–Trinajstić information content (AvgIpc) is 2.23. The van der Waals surface area contributed by atoms with Gasteiger partial charge in [-0.05, 0) is 44.4 Å². The average molecular weight is 229 g/mol. The minimum absolute atomic E-state index is 0.0223. The third kappa shape index (κ3) is 4.40. The molecule has 0 saturated heterocycles. The van der Waals surface area contributed by atoms with Crippen molar-refractivity contribution in [3.8, 4) is 0 Å². The Kier molecular flexibility index (Phi) is 5.22. The van der Waals surface area contributed by atoms with E-state index in [9.17, 15) is 0 Å². The zero-order chi connectivity index (χ0) is 12.2. The molecule has 4 unspecified atom stereocenters. The number of ether oxygens (including phenoxy) is 1. The van der Waals surface area contributed by atoms with Gasteiger partial charge in [0.25, 0.3) is 0 Å². The van der Waals surface area contributed by atoms with Gasteiger partial charge in [-0.25, -0.2) is 0 Å². The molecule has 0 bridgehead atoms. The van der Waals surface area contributed by atoms with Crippen LogP contribution in [0.25, 0.3) is 0 Å². The lowest BCUT2D eigenvalue weighted by molar-refractivity contribution is -0.00680. The third-order valence-corrected chi connectivity index (χ3v) is 3.94. The molecule has 0 amide bonds. The number of aliphatic hydroxyl groups is 1. The molecule has 0 heterocycles. The highest BCUT2D eigenvalue weighted by molar-refractivity contribution is 4.78. The first-order valence-corrected chi connectivity index (χ1v) is 6.46. The standard InChI is InChI=1S/C13H27NO2/c1-10-4-5-12(8-11(10)2)16-7-6-13(3,14)9-15/h10-12,15H,4-9,14H2,1-3H3. The summed E-state index contributed by atoms with van der Waals surface area (Å²) in [7, 11) is 0. The van der Waals surface area contributed by atoms with Crippen molar-refractivity contribution in [3.63, 3.8) is 0 Å². The lowest BCUT2D eigenvalue weighted by atomic mass is 9.80. The van der Waals surface area contributed by atoms with E-state index in [1.165, 1.54) is 19.3 Å². The van der Waals surface area contributed by atoms with E-state index in [2.05, 4.69) is 13.8 Å². The monoisotopic (exact) mass is 229 g/mol. The van der Waals surface area contributed by atoms with Crippen molar-refractivity contribution in [2.24, 2.45) is 17.6 Å². The van der Waals surface area contributed by atoms with E-state index in [0.717, 1.165) is 18.3 Å². The van der Waals surface area contributed by atoms with Crippen LogP contribution in [-0.4, -0.2) is 30.0 Å². The lowest BCUT2D eigenvalue weighted by Gasteiger charge is -2.32. The van der Waals surface area contributed by atoms with E-state index in [-0.39, 0.29) is 6.61 Å². The van der Waals surface area contributed by atoms with Gasteiger partial charge in [-0.1, -0.05) is 13.8 Å². The Hall–Kier alpha value is -0.120. The van der Waals surface area contributed by atoms with Crippen molar-refractivity contribution in [3.05, 3.63) is 0 Å². The van der Waals surface area contributed by atoms with Crippen LogP contribution in [0, 0.1) is 11.8 Å². The van der Waals surface area contributed by atoms with Crippen LogP contribution in [-0.2, 0) is 4.74 Å². The second-order valence-corrected chi connectivity index (χ2v) is 5.82. The molecule has 3 nitrogen and oxygen atoms in total. The van der Waals surface area contributed by atoms with Crippen molar-refractivity contribution in [1.82, 2.24) is 0 Å². The summed E-state index contributed by atoms with van der Waals surface area (Å²) in [5.74, 6) is 1.60. The largest absolute Gasteiger partial charge is 0.394 e.